The number of rotatable bonds is 0. The van der Waals surface area contributed by atoms with E-state index < -0.39 is 23.2 Å². The first-order valence-electron chi connectivity index (χ1n) is 5.75. The number of Topliss-reactive ketones (excluding diaryl/α,β-unsaturated/α-hetero) is 1. The van der Waals surface area contributed by atoms with Crippen LogP contribution in [0.15, 0.2) is 0 Å². The molecule has 1 saturated carbocycles. The van der Waals surface area contributed by atoms with Crippen molar-refractivity contribution < 1.29 is 14.3 Å². The van der Waals surface area contributed by atoms with E-state index in [0.717, 1.165) is 0 Å². The molecule has 0 aromatic rings. The van der Waals surface area contributed by atoms with Crippen molar-refractivity contribution in [2.75, 3.05) is 6.54 Å². The van der Waals surface area contributed by atoms with Gasteiger partial charge in [-0.2, -0.15) is 5.26 Å². The zero-order valence-corrected chi connectivity index (χ0v) is 10.3. The van der Waals surface area contributed by atoms with E-state index in [1.807, 2.05) is 6.07 Å². The lowest BCUT2D eigenvalue weighted by Gasteiger charge is -2.27. The predicted octanol–water partition coefficient (Wildman–Crippen LogP) is 1.48. The quantitative estimate of drug-likeness (QED) is 0.638. The highest BCUT2D eigenvalue weighted by Crippen LogP contribution is 2.49. The van der Waals surface area contributed by atoms with Crippen molar-refractivity contribution in [3.63, 3.8) is 0 Å². The molecule has 1 amide bonds. The maximum Gasteiger partial charge on any atom is 0.411 e. The Labute approximate surface area is 100 Å². The molecule has 0 unspecified atom stereocenters. The second-order valence-corrected chi connectivity index (χ2v) is 5.67. The predicted molar refractivity (Wildman–Crippen MR) is 59.0 cm³/mol. The number of ether oxygens (including phenoxy) is 1. The van der Waals surface area contributed by atoms with Gasteiger partial charge in [-0.15, -0.1) is 0 Å². The molecule has 1 heterocycles. The van der Waals surface area contributed by atoms with E-state index in [-0.39, 0.29) is 12.3 Å². The topological polar surface area (TPSA) is 70.4 Å². The Bertz CT molecular complexity index is 412. The summed E-state index contributed by atoms with van der Waals surface area (Å²) in [6, 6.07) is 1.96. The number of ketones is 1. The van der Waals surface area contributed by atoms with Crippen molar-refractivity contribution in [3.8, 4) is 6.07 Å². The highest BCUT2D eigenvalue weighted by atomic mass is 16.6. The Morgan fingerprint density at radius 1 is 1.53 bits per heavy atom. The largest absolute Gasteiger partial charge is 0.444 e. The summed E-state index contributed by atoms with van der Waals surface area (Å²) in [5.74, 6) is -0.809. The van der Waals surface area contributed by atoms with Gasteiger partial charge < -0.3 is 4.74 Å². The van der Waals surface area contributed by atoms with Gasteiger partial charge in [0.05, 0.1) is 6.07 Å². The average Bonchev–Trinajstić information content (AvgIpc) is 2.91. The summed E-state index contributed by atoms with van der Waals surface area (Å²) < 4.78 is 5.26. The van der Waals surface area contributed by atoms with Gasteiger partial charge in [-0.25, -0.2) is 4.79 Å². The van der Waals surface area contributed by atoms with Crippen LogP contribution in [-0.4, -0.2) is 34.5 Å². The normalized spacial score (nSPS) is 25.9. The van der Waals surface area contributed by atoms with E-state index >= 15 is 0 Å². The fourth-order valence-corrected chi connectivity index (χ4v) is 2.20. The number of nitrogens with zero attached hydrogens (tertiary/aromatic N) is 2. The number of likely N-dealkylation sites (tertiary alicyclic amines) is 1. The summed E-state index contributed by atoms with van der Waals surface area (Å²) in [4.78, 5) is 25.3. The highest BCUT2D eigenvalue weighted by Gasteiger charge is 2.63. The van der Waals surface area contributed by atoms with Gasteiger partial charge in [-0.1, -0.05) is 0 Å². The summed E-state index contributed by atoms with van der Waals surface area (Å²) in [6.45, 7) is 5.52. The summed E-state index contributed by atoms with van der Waals surface area (Å²) >= 11 is 0. The molecule has 0 aromatic carbocycles. The maximum atomic E-state index is 12.0. The summed E-state index contributed by atoms with van der Waals surface area (Å²) in [5.41, 5.74) is -1.30. The smallest absolute Gasteiger partial charge is 0.411 e. The van der Waals surface area contributed by atoms with Crippen LogP contribution in [0, 0.1) is 17.2 Å². The second-order valence-electron chi connectivity index (χ2n) is 5.67. The highest BCUT2D eigenvalue weighted by molar-refractivity contribution is 6.00. The van der Waals surface area contributed by atoms with Gasteiger partial charge in [-0.05, 0) is 33.6 Å². The van der Waals surface area contributed by atoms with Gasteiger partial charge in [-0.3, -0.25) is 9.69 Å². The number of hydrogen-bond acceptors (Lipinski definition) is 4. The third kappa shape index (κ3) is 1.88. The minimum absolute atomic E-state index is 0.120. The van der Waals surface area contributed by atoms with Crippen molar-refractivity contribution in [2.24, 2.45) is 5.92 Å². The Kier molecular flexibility index (Phi) is 2.42. The zero-order chi connectivity index (χ0) is 12.8. The molecule has 1 aliphatic heterocycles. The van der Waals surface area contributed by atoms with Crippen LogP contribution in [0.25, 0.3) is 0 Å². The van der Waals surface area contributed by atoms with Crippen LogP contribution in [0.1, 0.15) is 33.6 Å². The second kappa shape index (κ2) is 3.46. The minimum Gasteiger partial charge on any atom is -0.444 e. The number of carbonyl (C=O) groups is 2. The van der Waals surface area contributed by atoms with Crippen molar-refractivity contribution in [3.05, 3.63) is 0 Å². The molecule has 0 radical (unpaired) electrons. The molecule has 5 nitrogen and oxygen atoms in total. The van der Waals surface area contributed by atoms with Crippen LogP contribution in [0.4, 0.5) is 4.79 Å². The fourth-order valence-electron chi connectivity index (χ4n) is 2.20. The molecule has 92 valence electrons. The SMILES string of the molecule is CC(C)(C)OC(=O)N1C[C@@H](C#N)C(=O)C12CC2. The number of hydrogen-bond donors (Lipinski definition) is 0. The van der Waals surface area contributed by atoms with E-state index in [4.69, 9.17) is 10.00 Å². The Morgan fingerprint density at radius 2 is 2.12 bits per heavy atom. The summed E-state index contributed by atoms with van der Waals surface area (Å²) in [5, 5.41) is 8.88. The van der Waals surface area contributed by atoms with E-state index in [9.17, 15) is 9.59 Å². The van der Waals surface area contributed by atoms with Gasteiger partial charge >= 0.3 is 6.09 Å². The van der Waals surface area contributed by atoms with Crippen molar-refractivity contribution in [2.45, 2.75) is 44.8 Å². The van der Waals surface area contributed by atoms with E-state index in [2.05, 4.69) is 0 Å². The van der Waals surface area contributed by atoms with Crippen LogP contribution in [0.3, 0.4) is 0 Å². The van der Waals surface area contributed by atoms with Crippen LogP contribution >= 0.6 is 0 Å². The first-order chi connectivity index (χ1) is 7.80. The fraction of sp³-hybridized carbons (Fsp3) is 0.750. The molecule has 2 aliphatic rings. The van der Waals surface area contributed by atoms with Crippen LogP contribution in [0.2, 0.25) is 0 Å². The standard InChI is InChI=1S/C12H16N2O3/c1-11(2,3)17-10(16)14-7-8(6-13)9(15)12(14)4-5-12/h8H,4-5,7H2,1-3H3/t8-/m1/s1. The van der Waals surface area contributed by atoms with E-state index in [1.54, 1.807) is 20.8 Å². The van der Waals surface area contributed by atoms with Gasteiger partial charge in [0.25, 0.3) is 0 Å². The summed E-state index contributed by atoms with van der Waals surface area (Å²) in [7, 11) is 0. The molecule has 0 bridgehead atoms. The monoisotopic (exact) mass is 236 g/mol. The molecule has 17 heavy (non-hydrogen) atoms. The van der Waals surface area contributed by atoms with Crippen LogP contribution < -0.4 is 0 Å². The average molecular weight is 236 g/mol. The van der Waals surface area contributed by atoms with Crippen LogP contribution in [-0.2, 0) is 9.53 Å². The number of nitriles is 1. The molecule has 1 aliphatic carbocycles. The van der Waals surface area contributed by atoms with Crippen molar-refractivity contribution >= 4 is 11.9 Å². The zero-order valence-electron chi connectivity index (χ0n) is 10.3. The Hall–Kier alpha value is -1.57. The molecule has 0 aromatic heterocycles. The minimum atomic E-state index is -0.720. The lowest BCUT2D eigenvalue weighted by atomic mass is 10.0. The van der Waals surface area contributed by atoms with Crippen LogP contribution in [0.5, 0.6) is 0 Å². The van der Waals surface area contributed by atoms with Gasteiger partial charge in [0.15, 0.2) is 5.78 Å². The number of carbonyl (C=O) groups excluding carboxylic acids is 2. The molecule has 1 atom stereocenters. The lowest BCUT2D eigenvalue weighted by Crippen LogP contribution is -2.43. The first kappa shape index (κ1) is 11.9. The lowest BCUT2D eigenvalue weighted by molar-refractivity contribution is -0.122. The molecular formula is C12H16N2O3. The molecule has 2 rings (SSSR count). The third-order valence-electron chi connectivity index (χ3n) is 3.15. The molecular weight excluding hydrogens is 220 g/mol. The molecule has 2 fully saturated rings. The maximum absolute atomic E-state index is 12.0. The number of amides is 1. The molecule has 1 saturated heterocycles. The molecule has 1 spiro atoms. The van der Waals surface area contributed by atoms with E-state index in [1.165, 1.54) is 4.90 Å². The molecule has 0 N–H and O–H groups in total. The van der Waals surface area contributed by atoms with E-state index in [0.29, 0.717) is 12.8 Å². The summed E-state index contributed by atoms with van der Waals surface area (Å²) in [6.07, 6.45) is 0.827. The van der Waals surface area contributed by atoms with Crippen molar-refractivity contribution in [1.29, 1.82) is 5.26 Å². The first-order valence-corrected chi connectivity index (χ1v) is 5.75. The Balaban J connectivity index is 2.16. The van der Waals surface area contributed by atoms with Gasteiger partial charge in [0.1, 0.15) is 17.1 Å². The van der Waals surface area contributed by atoms with Gasteiger partial charge in [0.2, 0.25) is 0 Å². The molecule has 5 heteroatoms. The van der Waals surface area contributed by atoms with Crippen molar-refractivity contribution in [1.82, 2.24) is 4.90 Å². The third-order valence-corrected chi connectivity index (χ3v) is 3.15. The van der Waals surface area contributed by atoms with Gasteiger partial charge in [0, 0.05) is 6.54 Å². The Morgan fingerprint density at radius 3 is 2.53 bits per heavy atom.